The molecule has 2 N–H and O–H groups in total. The smallest absolute Gasteiger partial charge is 0.348 e. The number of alkyl halides is 3. The Bertz CT molecular complexity index is 357. The molecule has 1 heterocycles. The van der Waals surface area contributed by atoms with E-state index in [2.05, 4.69) is 9.97 Å². The fourth-order valence-corrected chi connectivity index (χ4v) is 1.12. The van der Waals surface area contributed by atoms with Crippen molar-refractivity contribution in [3.8, 4) is 0 Å². The van der Waals surface area contributed by atoms with Gasteiger partial charge in [-0.3, -0.25) is 4.79 Å². The average molecular weight is 235 g/mol. The summed E-state index contributed by atoms with van der Waals surface area (Å²) in [5.41, 5.74) is -0.603. The largest absolute Gasteiger partial charge is 0.405 e. The Hall–Kier alpha value is -1.53. The second kappa shape index (κ2) is 4.15. The Morgan fingerprint density at radius 3 is 2.56 bits per heavy atom. The van der Waals surface area contributed by atoms with E-state index in [0.717, 1.165) is 0 Å². The van der Waals surface area contributed by atoms with Crippen LogP contribution in [0.5, 0.6) is 0 Å². The van der Waals surface area contributed by atoms with Crippen molar-refractivity contribution in [1.29, 1.82) is 0 Å². The summed E-state index contributed by atoms with van der Waals surface area (Å²) in [5.74, 6) is -0.700. The summed E-state index contributed by atoms with van der Waals surface area (Å²) < 4.78 is 35.7. The van der Waals surface area contributed by atoms with Crippen LogP contribution in [0.2, 0.25) is 0 Å². The van der Waals surface area contributed by atoms with Crippen molar-refractivity contribution in [1.82, 2.24) is 15.3 Å². The maximum absolute atomic E-state index is 11.9. The van der Waals surface area contributed by atoms with Crippen molar-refractivity contribution in [2.75, 3.05) is 6.54 Å². The molecule has 4 nitrogen and oxygen atoms in total. The minimum absolute atomic E-state index is 0.465. The molecule has 0 aliphatic carbocycles. The van der Waals surface area contributed by atoms with Gasteiger partial charge in [0.1, 0.15) is 6.54 Å². The normalized spacial score (nSPS) is 12.6. The minimum Gasteiger partial charge on any atom is -0.348 e. The lowest BCUT2D eigenvalue weighted by atomic mass is 9.89. The first kappa shape index (κ1) is 12.5. The number of H-pyrrole nitrogens is 1. The van der Waals surface area contributed by atoms with Crippen molar-refractivity contribution in [3.05, 3.63) is 18.2 Å². The molecule has 16 heavy (non-hydrogen) atoms. The van der Waals surface area contributed by atoms with Crippen molar-refractivity contribution < 1.29 is 18.0 Å². The number of amides is 1. The van der Waals surface area contributed by atoms with Gasteiger partial charge >= 0.3 is 6.18 Å². The Kier molecular flexibility index (Phi) is 3.25. The van der Waals surface area contributed by atoms with E-state index < -0.39 is 24.0 Å². The molecule has 0 aliphatic rings. The van der Waals surface area contributed by atoms with Gasteiger partial charge in [-0.2, -0.15) is 13.2 Å². The van der Waals surface area contributed by atoms with Crippen LogP contribution >= 0.6 is 0 Å². The third kappa shape index (κ3) is 2.98. The van der Waals surface area contributed by atoms with E-state index in [1.807, 2.05) is 5.32 Å². The van der Waals surface area contributed by atoms with Gasteiger partial charge in [-0.25, -0.2) is 4.98 Å². The lowest BCUT2D eigenvalue weighted by Gasteiger charge is -2.22. The summed E-state index contributed by atoms with van der Waals surface area (Å²) in [6, 6.07) is 0. The highest BCUT2D eigenvalue weighted by Crippen LogP contribution is 2.21. The summed E-state index contributed by atoms with van der Waals surface area (Å²) in [5, 5.41) is 1.84. The maximum Gasteiger partial charge on any atom is 0.405 e. The monoisotopic (exact) mass is 235 g/mol. The number of hydrogen-bond acceptors (Lipinski definition) is 2. The summed E-state index contributed by atoms with van der Waals surface area (Å²) >= 11 is 0. The zero-order valence-corrected chi connectivity index (χ0v) is 8.85. The zero-order valence-electron chi connectivity index (χ0n) is 8.85. The Morgan fingerprint density at radius 1 is 1.50 bits per heavy atom. The zero-order chi connectivity index (χ0) is 12.4. The van der Waals surface area contributed by atoms with Gasteiger partial charge < -0.3 is 10.3 Å². The summed E-state index contributed by atoms with van der Waals surface area (Å²) in [4.78, 5) is 18.0. The molecule has 1 aromatic heterocycles. The summed E-state index contributed by atoms with van der Waals surface area (Å²) in [6.07, 6.45) is -1.62. The van der Waals surface area contributed by atoms with Gasteiger partial charge in [0, 0.05) is 11.9 Å². The van der Waals surface area contributed by atoms with E-state index in [0.29, 0.717) is 5.69 Å². The molecule has 1 amide bonds. The van der Waals surface area contributed by atoms with Crippen LogP contribution < -0.4 is 5.32 Å². The van der Waals surface area contributed by atoms with Crippen LogP contribution in [0.3, 0.4) is 0 Å². The molecule has 0 spiro atoms. The van der Waals surface area contributed by atoms with E-state index in [1.54, 1.807) is 0 Å². The summed E-state index contributed by atoms with van der Waals surface area (Å²) in [7, 11) is 0. The van der Waals surface area contributed by atoms with Crippen molar-refractivity contribution in [3.63, 3.8) is 0 Å². The first-order valence-corrected chi connectivity index (χ1v) is 4.57. The van der Waals surface area contributed by atoms with Gasteiger partial charge in [0.2, 0.25) is 5.91 Å². The molecule has 0 bridgehead atoms. The van der Waals surface area contributed by atoms with E-state index in [9.17, 15) is 18.0 Å². The van der Waals surface area contributed by atoms with E-state index in [1.165, 1.54) is 26.4 Å². The van der Waals surface area contributed by atoms with Crippen LogP contribution in [0.1, 0.15) is 19.5 Å². The van der Waals surface area contributed by atoms with Gasteiger partial charge in [-0.05, 0) is 13.8 Å². The fourth-order valence-electron chi connectivity index (χ4n) is 1.12. The van der Waals surface area contributed by atoms with Crippen LogP contribution in [0.4, 0.5) is 13.2 Å². The lowest BCUT2D eigenvalue weighted by Crippen LogP contribution is -2.44. The first-order chi connectivity index (χ1) is 7.23. The Balaban J connectivity index is 2.67. The third-order valence-corrected chi connectivity index (χ3v) is 2.19. The predicted molar refractivity (Wildman–Crippen MR) is 50.7 cm³/mol. The number of aromatic amines is 1. The molecule has 0 aliphatic heterocycles. The van der Waals surface area contributed by atoms with Crippen molar-refractivity contribution in [2.45, 2.75) is 25.4 Å². The molecule has 0 saturated heterocycles. The molecule has 0 fully saturated rings. The molecule has 0 unspecified atom stereocenters. The molecule has 0 saturated carbocycles. The topological polar surface area (TPSA) is 57.8 Å². The Morgan fingerprint density at radius 2 is 2.12 bits per heavy atom. The van der Waals surface area contributed by atoms with Crippen molar-refractivity contribution >= 4 is 5.91 Å². The van der Waals surface area contributed by atoms with Crippen molar-refractivity contribution in [2.24, 2.45) is 0 Å². The number of imidazole rings is 1. The second-order valence-electron chi connectivity index (χ2n) is 3.89. The molecular weight excluding hydrogens is 223 g/mol. The Labute approximate surface area is 90.3 Å². The number of carbonyl (C=O) groups excluding carboxylic acids is 1. The molecule has 0 atom stereocenters. The molecule has 90 valence electrons. The van der Waals surface area contributed by atoms with Gasteiger partial charge in [-0.1, -0.05) is 0 Å². The van der Waals surface area contributed by atoms with E-state index >= 15 is 0 Å². The summed E-state index contributed by atoms with van der Waals surface area (Å²) in [6.45, 7) is 1.71. The van der Waals surface area contributed by atoms with Crippen LogP contribution in [0.15, 0.2) is 12.5 Å². The molecule has 0 aromatic carbocycles. The standard InChI is InChI=1S/C9H12F3N3O/c1-8(2,6-3-13-5-15-6)7(16)14-4-9(10,11)12/h3,5H,4H2,1-2H3,(H,13,15)(H,14,16). The first-order valence-electron chi connectivity index (χ1n) is 4.57. The highest BCUT2D eigenvalue weighted by molar-refractivity contribution is 5.86. The van der Waals surface area contributed by atoms with Crippen LogP contribution in [-0.2, 0) is 10.2 Å². The van der Waals surface area contributed by atoms with Crippen LogP contribution in [-0.4, -0.2) is 28.6 Å². The van der Waals surface area contributed by atoms with Gasteiger partial charge in [-0.15, -0.1) is 0 Å². The quantitative estimate of drug-likeness (QED) is 0.831. The molecule has 1 rings (SSSR count). The fraction of sp³-hybridized carbons (Fsp3) is 0.556. The molecule has 0 radical (unpaired) electrons. The minimum atomic E-state index is -4.40. The number of rotatable bonds is 3. The van der Waals surface area contributed by atoms with Gasteiger partial charge in [0.15, 0.2) is 0 Å². The SMILES string of the molecule is CC(C)(C(=O)NCC(F)(F)F)c1cnc[nH]1. The van der Waals surface area contributed by atoms with Crippen LogP contribution in [0.25, 0.3) is 0 Å². The highest BCUT2D eigenvalue weighted by Gasteiger charge is 2.34. The van der Waals surface area contributed by atoms with E-state index in [4.69, 9.17) is 0 Å². The highest BCUT2D eigenvalue weighted by atomic mass is 19.4. The van der Waals surface area contributed by atoms with E-state index in [-0.39, 0.29) is 0 Å². The van der Waals surface area contributed by atoms with Crippen LogP contribution in [0, 0.1) is 0 Å². The molecular formula is C9H12F3N3O. The third-order valence-electron chi connectivity index (χ3n) is 2.19. The second-order valence-corrected chi connectivity index (χ2v) is 3.89. The molecule has 7 heteroatoms. The number of halogens is 3. The van der Waals surface area contributed by atoms with Gasteiger partial charge in [0.25, 0.3) is 0 Å². The lowest BCUT2D eigenvalue weighted by molar-refractivity contribution is -0.141. The molecule has 1 aromatic rings. The van der Waals surface area contributed by atoms with Gasteiger partial charge in [0.05, 0.1) is 11.7 Å². The predicted octanol–water partition coefficient (Wildman–Crippen LogP) is 1.37. The average Bonchev–Trinajstić information content (AvgIpc) is 2.65. The maximum atomic E-state index is 11.9. The number of hydrogen-bond donors (Lipinski definition) is 2. The number of nitrogens with zero attached hydrogens (tertiary/aromatic N) is 1. The number of carbonyl (C=O) groups is 1. The number of aromatic nitrogens is 2. The number of nitrogens with one attached hydrogen (secondary N) is 2.